The lowest BCUT2D eigenvalue weighted by atomic mass is 10.1. The Morgan fingerprint density at radius 2 is 1.41 bits per heavy atom. The van der Waals surface area contributed by atoms with Crippen molar-refractivity contribution >= 4 is 22.3 Å². The highest BCUT2D eigenvalue weighted by molar-refractivity contribution is 5.86. The monoisotopic (exact) mass is 434 g/mol. The lowest BCUT2D eigenvalue weighted by Crippen LogP contribution is -2.46. The van der Waals surface area contributed by atoms with Gasteiger partial charge in [0.25, 0.3) is 0 Å². The van der Waals surface area contributed by atoms with Crippen molar-refractivity contribution in [2.45, 2.75) is 6.18 Å². The van der Waals surface area contributed by atoms with Gasteiger partial charge in [0.15, 0.2) is 0 Å². The number of benzene rings is 3. The van der Waals surface area contributed by atoms with E-state index >= 15 is 0 Å². The molecule has 32 heavy (non-hydrogen) atoms. The second-order valence-corrected chi connectivity index (χ2v) is 7.84. The molecule has 0 atom stereocenters. The lowest BCUT2D eigenvalue weighted by molar-refractivity contribution is -0.137. The third-order valence-electron chi connectivity index (χ3n) is 5.83. The summed E-state index contributed by atoms with van der Waals surface area (Å²) in [4.78, 5) is 13.5. The lowest BCUT2D eigenvalue weighted by Gasteiger charge is -2.36. The number of aromatic nitrogens is 2. The van der Waals surface area contributed by atoms with E-state index in [-0.39, 0.29) is 0 Å². The number of fused-ring (bicyclic) bond motifs is 1. The van der Waals surface area contributed by atoms with Crippen LogP contribution < -0.4 is 9.80 Å². The molecule has 1 saturated heterocycles. The van der Waals surface area contributed by atoms with Gasteiger partial charge in [-0.05, 0) is 41.1 Å². The van der Waals surface area contributed by atoms with Crippen LogP contribution in [0.2, 0.25) is 0 Å². The third kappa shape index (κ3) is 4.10. The highest BCUT2D eigenvalue weighted by Gasteiger charge is 2.30. The van der Waals surface area contributed by atoms with Crippen LogP contribution in [-0.4, -0.2) is 36.1 Å². The molecule has 0 bridgehead atoms. The zero-order chi connectivity index (χ0) is 22.1. The maximum atomic E-state index is 12.8. The summed E-state index contributed by atoms with van der Waals surface area (Å²) >= 11 is 0. The molecule has 3 aromatic carbocycles. The standard InChI is InChI=1S/C25H21F3N4/c26-25(27,28)21-7-9-22(10-8-21)31-11-13-32(14-12-31)24-17-29-16-23(30-24)20-6-5-18-3-1-2-4-19(18)15-20/h1-10,15-17H,11-14H2. The fourth-order valence-electron chi connectivity index (χ4n) is 4.05. The Hall–Kier alpha value is -3.61. The van der Waals surface area contributed by atoms with Crippen LogP contribution in [0.4, 0.5) is 24.7 Å². The minimum absolute atomic E-state index is 0.624. The summed E-state index contributed by atoms with van der Waals surface area (Å²) < 4.78 is 38.4. The molecule has 0 radical (unpaired) electrons. The second-order valence-electron chi connectivity index (χ2n) is 7.84. The number of alkyl halides is 3. The molecule has 4 aromatic rings. The molecule has 0 unspecified atom stereocenters. The van der Waals surface area contributed by atoms with Gasteiger partial charge >= 0.3 is 6.18 Å². The molecule has 7 heteroatoms. The van der Waals surface area contributed by atoms with Gasteiger partial charge in [-0.15, -0.1) is 0 Å². The zero-order valence-corrected chi connectivity index (χ0v) is 17.3. The highest BCUT2D eigenvalue weighted by atomic mass is 19.4. The van der Waals surface area contributed by atoms with Gasteiger partial charge in [0.2, 0.25) is 0 Å². The Balaban J connectivity index is 1.29. The van der Waals surface area contributed by atoms with E-state index in [1.807, 2.05) is 12.1 Å². The number of halogens is 3. The summed E-state index contributed by atoms with van der Waals surface area (Å²) in [6, 6.07) is 19.8. The van der Waals surface area contributed by atoms with Gasteiger partial charge in [0.05, 0.1) is 23.7 Å². The first-order valence-corrected chi connectivity index (χ1v) is 10.5. The minimum Gasteiger partial charge on any atom is -0.368 e. The fourth-order valence-corrected chi connectivity index (χ4v) is 4.05. The Morgan fingerprint density at radius 1 is 0.719 bits per heavy atom. The summed E-state index contributed by atoms with van der Waals surface area (Å²) in [7, 11) is 0. The fraction of sp³-hybridized carbons (Fsp3) is 0.200. The number of piperazine rings is 1. The van der Waals surface area contributed by atoms with Crippen LogP contribution in [-0.2, 0) is 6.18 Å². The molecule has 1 aliphatic rings. The first-order chi connectivity index (χ1) is 15.5. The van der Waals surface area contributed by atoms with E-state index in [0.717, 1.165) is 53.4 Å². The van der Waals surface area contributed by atoms with Crippen LogP contribution in [0, 0.1) is 0 Å². The molecule has 1 aromatic heterocycles. The van der Waals surface area contributed by atoms with Crippen LogP contribution in [0.25, 0.3) is 22.0 Å². The summed E-state index contributed by atoms with van der Waals surface area (Å²) in [6.45, 7) is 2.84. The Morgan fingerprint density at radius 3 is 2.12 bits per heavy atom. The molecule has 0 aliphatic carbocycles. The Bertz CT molecular complexity index is 1230. The molecule has 0 saturated carbocycles. The largest absolute Gasteiger partial charge is 0.416 e. The van der Waals surface area contributed by atoms with Gasteiger partial charge in [-0.2, -0.15) is 13.2 Å². The molecule has 4 nitrogen and oxygen atoms in total. The van der Waals surface area contributed by atoms with Crippen molar-refractivity contribution in [3.05, 3.63) is 84.7 Å². The van der Waals surface area contributed by atoms with Crippen molar-refractivity contribution in [3.63, 3.8) is 0 Å². The van der Waals surface area contributed by atoms with E-state index in [4.69, 9.17) is 4.98 Å². The quantitative estimate of drug-likeness (QED) is 0.418. The van der Waals surface area contributed by atoms with Gasteiger partial charge in [-0.1, -0.05) is 36.4 Å². The van der Waals surface area contributed by atoms with Crippen LogP contribution in [0.15, 0.2) is 79.1 Å². The SMILES string of the molecule is FC(F)(F)c1ccc(N2CCN(c3cncc(-c4ccc5ccccc5c4)n3)CC2)cc1. The predicted octanol–water partition coefficient (Wildman–Crippen LogP) is 5.64. The molecule has 5 rings (SSSR count). The first kappa shape index (κ1) is 20.3. The number of nitrogens with zero attached hydrogens (tertiary/aromatic N) is 4. The highest BCUT2D eigenvalue weighted by Crippen LogP contribution is 2.31. The van der Waals surface area contributed by atoms with Crippen molar-refractivity contribution in [2.75, 3.05) is 36.0 Å². The smallest absolute Gasteiger partial charge is 0.368 e. The summed E-state index contributed by atoms with van der Waals surface area (Å²) in [6.07, 6.45) is -0.781. The number of hydrogen-bond acceptors (Lipinski definition) is 4. The first-order valence-electron chi connectivity index (χ1n) is 10.5. The summed E-state index contributed by atoms with van der Waals surface area (Å²) in [5, 5.41) is 2.34. The average Bonchev–Trinajstić information content (AvgIpc) is 2.83. The maximum absolute atomic E-state index is 12.8. The van der Waals surface area contributed by atoms with Crippen molar-refractivity contribution in [1.82, 2.24) is 9.97 Å². The second kappa shape index (κ2) is 8.15. The number of hydrogen-bond donors (Lipinski definition) is 0. The molecule has 2 heterocycles. The van der Waals surface area contributed by atoms with E-state index < -0.39 is 11.7 Å². The van der Waals surface area contributed by atoms with Crippen molar-refractivity contribution in [2.24, 2.45) is 0 Å². The molecule has 1 fully saturated rings. The van der Waals surface area contributed by atoms with Gasteiger partial charge in [-0.25, -0.2) is 4.98 Å². The zero-order valence-electron chi connectivity index (χ0n) is 17.3. The van der Waals surface area contributed by atoms with E-state index in [1.54, 1.807) is 24.5 Å². The van der Waals surface area contributed by atoms with Crippen LogP contribution in [0.1, 0.15) is 5.56 Å². The summed E-state index contributed by atoms with van der Waals surface area (Å²) in [5.41, 5.74) is 2.01. The number of anilines is 2. The third-order valence-corrected chi connectivity index (χ3v) is 5.83. The Labute approximate surface area is 184 Å². The predicted molar refractivity (Wildman–Crippen MR) is 121 cm³/mol. The van der Waals surface area contributed by atoms with Gasteiger partial charge in [0.1, 0.15) is 5.82 Å². The van der Waals surface area contributed by atoms with E-state index in [1.165, 1.54) is 5.39 Å². The topological polar surface area (TPSA) is 32.3 Å². The van der Waals surface area contributed by atoms with E-state index in [2.05, 4.69) is 45.1 Å². The molecule has 0 N–H and O–H groups in total. The van der Waals surface area contributed by atoms with Crippen LogP contribution in [0.3, 0.4) is 0 Å². The molecule has 0 spiro atoms. The molecular formula is C25H21F3N4. The van der Waals surface area contributed by atoms with Crippen LogP contribution >= 0.6 is 0 Å². The van der Waals surface area contributed by atoms with Crippen molar-refractivity contribution < 1.29 is 13.2 Å². The molecule has 0 amide bonds. The van der Waals surface area contributed by atoms with Gasteiger partial charge in [0, 0.05) is 37.4 Å². The molecule has 1 aliphatic heterocycles. The van der Waals surface area contributed by atoms with E-state index in [0.29, 0.717) is 13.1 Å². The average molecular weight is 434 g/mol. The summed E-state index contributed by atoms with van der Waals surface area (Å²) in [5.74, 6) is 0.808. The van der Waals surface area contributed by atoms with Gasteiger partial charge in [-0.3, -0.25) is 4.98 Å². The normalized spacial score (nSPS) is 14.7. The van der Waals surface area contributed by atoms with Crippen molar-refractivity contribution in [1.29, 1.82) is 0 Å². The van der Waals surface area contributed by atoms with Crippen molar-refractivity contribution in [3.8, 4) is 11.3 Å². The molecular weight excluding hydrogens is 413 g/mol. The van der Waals surface area contributed by atoms with E-state index in [9.17, 15) is 13.2 Å². The minimum atomic E-state index is -4.31. The van der Waals surface area contributed by atoms with Gasteiger partial charge < -0.3 is 9.80 Å². The number of rotatable bonds is 3. The molecule has 162 valence electrons. The van der Waals surface area contributed by atoms with Crippen LogP contribution in [0.5, 0.6) is 0 Å². The Kier molecular flexibility index (Phi) is 5.17. The maximum Gasteiger partial charge on any atom is 0.416 e.